The normalized spacial score (nSPS) is 11.2. The van der Waals surface area contributed by atoms with Crippen molar-refractivity contribution in [2.45, 2.75) is 12.4 Å². The topological polar surface area (TPSA) is 64.4 Å². The number of benzene rings is 1. The summed E-state index contributed by atoms with van der Waals surface area (Å²) in [6.07, 6.45) is 0. The Labute approximate surface area is 117 Å². The summed E-state index contributed by atoms with van der Waals surface area (Å²) in [7, 11) is 0. The molecule has 0 unspecified atom stereocenters. The Morgan fingerprint density at radius 3 is 2.70 bits per heavy atom. The lowest BCUT2D eigenvalue weighted by atomic mass is 10.2. The van der Waals surface area contributed by atoms with E-state index in [4.69, 9.17) is 4.74 Å². The highest BCUT2D eigenvalue weighted by atomic mass is 32.2. The van der Waals surface area contributed by atoms with Crippen molar-refractivity contribution < 1.29 is 22.8 Å². The minimum Gasteiger partial charge on any atom is -0.487 e. The van der Waals surface area contributed by atoms with Gasteiger partial charge >= 0.3 is 11.2 Å². The second-order valence-electron chi connectivity index (χ2n) is 3.56. The molecule has 112 valence electrons. The summed E-state index contributed by atoms with van der Waals surface area (Å²) in [6.45, 7) is 1.90. The summed E-state index contributed by atoms with van der Waals surface area (Å²) in [4.78, 5) is 10.4. The minimum atomic E-state index is -4.30. The largest absolute Gasteiger partial charge is 0.487 e. The second kappa shape index (κ2) is 7.22. The molecule has 0 radical (unpaired) electrons. The molecule has 0 spiro atoms. The average molecular weight is 310 g/mol. The maximum absolute atomic E-state index is 12.0. The molecule has 5 nitrogen and oxygen atoms in total. The van der Waals surface area contributed by atoms with Gasteiger partial charge in [0.25, 0.3) is 0 Å². The van der Waals surface area contributed by atoms with E-state index in [1.54, 1.807) is 6.92 Å². The van der Waals surface area contributed by atoms with Crippen LogP contribution >= 0.6 is 11.8 Å². The predicted molar refractivity (Wildman–Crippen MR) is 71.3 cm³/mol. The molecule has 0 aliphatic carbocycles. The Morgan fingerprint density at radius 2 is 2.15 bits per heavy atom. The molecule has 0 bridgehead atoms. The quantitative estimate of drug-likeness (QED) is 0.473. The van der Waals surface area contributed by atoms with E-state index >= 15 is 0 Å². The number of ether oxygens (including phenoxy) is 1. The maximum atomic E-state index is 12.0. The molecule has 0 amide bonds. The molecule has 0 aliphatic rings. The van der Waals surface area contributed by atoms with Crippen LogP contribution in [0.5, 0.6) is 5.75 Å². The van der Waals surface area contributed by atoms with Gasteiger partial charge in [-0.3, -0.25) is 10.1 Å². The van der Waals surface area contributed by atoms with E-state index < -0.39 is 10.4 Å². The minimum absolute atomic E-state index is 0.0411. The van der Waals surface area contributed by atoms with Crippen molar-refractivity contribution >= 4 is 23.1 Å². The van der Waals surface area contributed by atoms with Crippen LogP contribution in [0, 0.1) is 10.1 Å². The number of anilines is 1. The van der Waals surface area contributed by atoms with Crippen molar-refractivity contribution in [2.75, 3.05) is 24.2 Å². The molecular formula is C11H13F3N2O3S. The molecule has 0 saturated carbocycles. The number of rotatable bonds is 7. The zero-order valence-electron chi connectivity index (χ0n) is 10.6. The van der Waals surface area contributed by atoms with Gasteiger partial charge in [0.05, 0.1) is 11.5 Å². The summed E-state index contributed by atoms with van der Waals surface area (Å²) in [5.41, 5.74) is -4.43. The Hall–Kier alpha value is -1.64. The van der Waals surface area contributed by atoms with Crippen molar-refractivity contribution in [3.05, 3.63) is 28.3 Å². The zero-order chi connectivity index (χ0) is 15.2. The molecule has 1 N–H and O–H groups in total. The first-order valence-corrected chi connectivity index (χ1v) is 6.68. The zero-order valence-corrected chi connectivity index (χ0v) is 11.4. The molecular weight excluding hydrogens is 297 g/mol. The van der Waals surface area contributed by atoms with Gasteiger partial charge < -0.3 is 10.1 Å². The number of nitro groups is 1. The van der Waals surface area contributed by atoms with Crippen molar-refractivity contribution in [1.82, 2.24) is 0 Å². The third-order valence-electron chi connectivity index (χ3n) is 2.16. The van der Waals surface area contributed by atoms with Gasteiger partial charge in [-0.25, -0.2) is 0 Å². The number of hydrogen-bond donors (Lipinski definition) is 1. The van der Waals surface area contributed by atoms with Gasteiger partial charge in [-0.05, 0) is 30.8 Å². The van der Waals surface area contributed by atoms with Crippen LogP contribution in [-0.2, 0) is 0 Å². The number of nitrogens with zero attached hydrogens (tertiary/aromatic N) is 1. The summed E-state index contributed by atoms with van der Waals surface area (Å²) in [5.74, 6) is -0.148. The van der Waals surface area contributed by atoms with Crippen LogP contribution in [0.2, 0.25) is 0 Å². The van der Waals surface area contributed by atoms with Crippen molar-refractivity contribution in [3.63, 3.8) is 0 Å². The number of para-hydroxylation sites is 1. The average Bonchev–Trinajstić information content (AvgIpc) is 2.33. The number of hydrogen-bond acceptors (Lipinski definition) is 5. The molecule has 1 aromatic rings. The molecule has 0 saturated heterocycles. The van der Waals surface area contributed by atoms with Crippen LogP contribution in [0.4, 0.5) is 24.5 Å². The first-order valence-electron chi connectivity index (χ1n) is 5.70. The van der Waals surface area contributed by atoms with Crippen LogP contribution < -0.4 is 10.1 Å². The number of thioether (sulfide) groups is 1. The van der Waals surface area contributed by atoms with Crippen LogP contribution in [0.25, 0.3) is 0 Å². The smallest absolute Gasteiger partial charge is 0.441 e. The summed E-state index contributed by atoms with van der Waals surface area (Å²) < 4.78 is 41.0. The number of alkyl halides is 3. The van der Waals surface area contributed by atoms with Crippen LogP contribution in [-0.4, -0.2) is 29.3 Å². The first-order chi connectivity index (χ1) is 9.35. The van der Waals surface area contributed by atoms with Gasteiger partial charge in [0, 0.05) is 12.3 Å². The highest BCUT2D eigenvalue weighted by Crippen LogP contribution is 2.35. The third kappa shape index (κ3) is 5.16. The molecule has 0 atom stereocenters. The molecule has 0 fully saturated rings. The van der Waals surface area contributed by atoms with Crippen LogP contribution in [0.1, 0.15) is 6.92 Å². The van der Waals surface area contributed by atoms with E-state index in [0.29, 0.717) is 0 Å². The fraction of sp³-hybridized carbons (Fsp3) is 0.455. The maximum Gasteiger partial charge on any atom is 0.441 e. The predicted octanol–water partition coefficient (Wildman–Crippen LogP) is 3.66. The van der Waals surface area contributed by atoms with Gasteiger partial charge in [0.2, 0.25) is 0 Å². The molecule has 1 aromatic carbocycles. The highest BCUT2D eigenvalue weighted by molar-refractivity contribution is 8.00. The molecule has 20 heavy (non-hydrogen) atoms. The molecule has 1 rings (SSSR count). The summed E-state index contributed by atoms with van der Waals surface area (Å²) in [5, 5.41) is 13.6. The molecule has 0 heterocycles. The van der Waals surface area contributed by atoms with Gasteiger partial charge in [-0.2, -0.15) is 13.2 Å². The Morgan fingerprint density at radius 1 is 1.45 bits per heavy atom. The fourth-order valence-electron chi connectivity index (χ4n) is 1.48. The van der Waals surface area contributed by atoms with Gasteiger partial charge in [0.1, 0.15) is 5.69 Å². The van der Waals surface area contributed by atoms with E-state index in [2.05, 4.69) is 5.32 Å². The summed E-state index contributed by atoms with van der Waals surface area (Å²) >= 11 is -0.182. The summed E-state index contributed by atoms with van der Waals surface area (Å²) in [6, 6.07) is 4.41. The van der Waals surface area contributed by atoms with Gasteiger partial charge in [-0.15, -0.1) is 0 Å². The highest BCUT2D eigenvalue weighted by Gasteiger charge is 2.27. The Bertz CT molecular complexity index is 469. The first kappa shape index (κ1) is 16.4. The Kier molecular flexibility index (Phi) is 5.93. The third-order valence-corrected chi connectivity index (χ3v) is 2.90. The second-order valence-corrected chi connectivity index (χ2v) is 4.72. The van der Waals surface area contributed by atoms with E-state index in [1.807, 2.05) is 0 Å². The van der Waals surface area contributed by atoms with Crippen molar-refractivity contribution in [3.8, 4) is 5.75 Å². The standard InChI is InChI=1S/C11H13F3N2O3S/c1-2-19-9-5-3-4-8(10(9)16(17)18)15-6-7-20-11(12,13)14/h3-5,15H,2,6-7H2,1H3. The molecule has 0 aromatic heterocycles. The van der Waals surface area contributed by atoms with E-state index in [9.17, 15) is 23.3 Å². The SMILES string of the molecule is CCOc1cccc(NCCSC(F)(F)F)c1[N+](=O)[O-]. The van der Waals surface area contributed by atoms with Crippen LogP contribution in [0.3, 0.4) is 0 Å². The lowest BCUT2D eigenvalue weighted by Gasteiger charge is -2.10. The number of nitro benzene ring substituents is 1. The van der Waals surface area contributed by atoms with E-state index in [-0.39, 0.29) is 47.8 Å². The lowest BCUT2D eigenvalue weighted by molar-refractivity contribution is -0.384. The van der Waals surface area contributed by atoms with Crippen molar-refractivity contribution in [1.29, 1.82) is 0 Å². The fourth-order valence-corrected chi connectivity index (χ4v) is 1.91. The number of halogens is 3. The van der Waals surface area contributed by atoms with E-state index in [1.165, 1.54) is 18.2 Å². The molecule has 9 heteroatoms. The van der Waals surface area contributed by atoms with Crippen LogP contribution in [0.15, 0.2) is 18.2 Å². The Balaban J connectivity index is 2.74. The van der Waals surface area contributed by atoms with Gasteiger partial charge in [-0.1, -0.05) is 6.07 Å². The van der Waals surface area contributed by atoms with Gasteiger partial charge in [0.15, 0.2) is 5.75 Å². The monoisotopic (exact) mass is 310 g/mol. The lowest BCUT2D eigenvalue weighted by Crippen LogP contribution is -2.11. The number of nitrogens with one attached hydrogen (secondary N) is 1. The molecule has 0 aliphatic heterocycles. The van der Waals surface area contributed by atoms with Crippen molar-refractivity contribution in [2.24, 2.45) is 0 Å². The van der Waals surface area contributed by atoms with E-state index in [0.717, 1.165) is 0 Å².